The molecule has 0 unspecified atom stereocenters. The van der Waals surface area contributed by atoms with E-state index < -0.39 is 7.94 Å². The number of hydrogen-bond acceptors (Lipinski definition) is 4. The van der Waals surface area contributed by atoms with Crippen LogP contribution in [0, 0.1) is 0 Å². The number of rotatable bonds is 2. The SMILES string of the molecule is CC(=O)c1ccc([PH](O)(O)O)cc1. The number of ketones is 1. The third-order valence-electron chi connectivity index (χ3n) is 1.68. The summed E-state index contributed by atoms with van der Waals surface area (Å²) in [7, 11) is -4.20. The van der Waals surface area contributed by atoms with Crippen molar-refractivity contribution in [2.24, 2.45) is 0 Å². The van der Waals surface area contributed by atoms with Crippen molar-refractivity contribution in [3.05, 3.63) is 29.8 Å². The Morgan fingerprint density at radius 3 is 1.92 bits per heavy atom. The molecule has 3 N–H and O–H groups in total. The molecule has 1 aromatic carbocycles. The van der Waals surface area contributed by atoms with Crippen LogP contribution < -0.4 is 5.30 Å². The van der Waals surface area contributed by atoms with Gasteiger partial charge in [0.1, 0.15) is 0 Å². The predicted octanol–water partition coefficient (Wildman–Crippen LogP) is -0.0137. The van der Waals surface area contributed by atoms with Gasteiger partial charge >= 0.3 is 75.3 Å². The van der Waals surface area contributed by atoms with E-state index in [0.717, 1.165) is 0 Å². The van der Waals surface area contributed by atoms with Crippen LogP contribution in [-0.4, -0.2) is 20.5 Å². The van der Waals surface area contributed by atoms with Crippen LogP contribution in [0.15, 0.2) is 24.3 Å². The Kier molecular flexibility index (Phi) is 2.78. The molecule has 0 aliphatic carbocycles. The van der Waals surface area contributed by atoms with E-state index in [4.69, 9.17) is 14.7 Å². The predicted molar refractivity (Wildman–Crippen MR) is 51.1 cm³/mol. The van der Waals surface area contributed by atoms with Crippen LogP contribution >= 0.6 is 7.94 Å². The second kappa shape index (κ2) is 3.52. The van der Waals surface area contributed by atoms with Crippen molar-refractivity contribution in [3.8, 4) is 0 Å². The standard InChI is InChI=1S/C8H11O4P/c1-6(9)7-2-4-8(5-3-7)13(10,11)12/h2-5,10-13H,1H3. The van der Waals surface area contributed by atoms with Crippen LogP contribution in [0.2, 0.25) is 0 Å². The summed E-state index contributed by atoms with van der Waals surface area (Å²) in [5.41, 5.74) is 0.474. The number of carbonyl (C=O) groups excluding carboxylic acids is 1. The first kappa shape index (κ1) is 10.3. The molecule has 0 radical (unpaired) electrons. The molecule has 0 amide bonds. The van der Waals surface area contributed by atoms with Gasteiger partial charge in [-0.25, -0.2) is 0 Å². The minimum absolute atomic E-state index is 0.0671. The van der Waals surface area contributed by atoms with E-state index in [1.54, 1.807) is 0 Å². The van der Waals surface area contributed by atoms with E-state index in [1.165, 1.54) is 31.2 Å². The van der Waals surface area contributed by atoms with E-state index in [1.807, 2.05) is 0 Å². The second-order valence-corrected chi connectivity index (χ2v) is 4.62. The first-order valence-electron chi connectivity index (χ1n) is 3.70. The fourth-order valence-corrected chi connectivity index (χ4v) is 1.54. The third kappa shape index (κ3) is 2.57. The Morgan fingerprint density at radius 2 is 1.62 bits per heavy atom. The van der Waals surface area contributed by atoms with E-state index in [0.29, 0.717) is 5.56 Å². The quantitative estimate of drug-likeness (QED) is 0.465. The fourth-order valence-electron chi connectivity index (χ4n) is 0.929. The molecule has 0 aliphatic heterocycles. The van der Waals surface area contributed by atoms with E-state index >= 15 is 0 Å². The molecular formula is C8H11O4P. The van der Waals surface area contributed by atoms with Gasteiger partial charge in [0.2, 0.25) is 0 Å². The summed E-state index contributed by atoms with van der Waals surface area (Å²) in [6.45, 7) is 1.41. The van der Waals surface area contributed by atoms with Crippen LogP contribution in [-0.2, 0) is 0 Å². The normalized spacial score (nSPS) is 12.6. The van der Waals surface area contributed by atoms with Crippen molar-refractivity contribution in [1.29, 1.82) is 0 Å². The molecule has 13 heavy (non-hydrogen) atoms. The zero-order chi connectivity index (χ0) is 10.1. The van der Waals surface area contributed by atoms with Crippen LogP contribution in [0.4, 0.5) is 0 Å². The Bertz CT molecular complexity index is 312. The monoisotopic (exact) mass is 202 g/mol. The van der Waals surface area contributed by atoms with Gasteiger partial charge < -0.3 is 0 Å². The number of benzene rings is 1. The number of hydrogen-bond donors (Lipinski definition) is 3. The average molecular weight is 202 g/mol. The molecule has 0 heterocycles. The van der Waals surface area contributed by atoms with Gasteiger partial charge in [0.05, 0.1) is 0 Å². The third-order valence-corrected chi connectivity index (χ3v) is 2.79. The molecule has 0 aromatic heterocycles. The molecule has 0 saturated carbocycles. The van der Waals surface area contributed by atoms with Crippen molar-refractivity contribution in [2.45, 2.75) is 6.92 Å². The molecule has 5 heteroatoms. The van der Waals surface area contributed by atoms with E-state index in [-0.39, 0.29) is 11.1 Å². The molecule has 0 atom stereocenters. The van der Waals surface area contributed by atoms with Gasteiger partial charge in [-0.3, -0.25) is 0 Å². The summed E-state index contributed by atoms with van der Waals surface area (Å²) in [4.78, 5) is 37.5. The Labute approximate surface area is 76.1 Å². The van der Waals surface area contributed by atoms with Crippen molar-refractivity contribution >= 4 is 19.0 Å². The molecule has 0 aliphatic rings. The first-order valence-corrected chi connectivity index (χ1v) is 5.54. The van der Waals surface area contributed by atoms with E-state index in [2.05, 4.69) is 0 Å². The summed E-state index contributed by atoms with van der Waals surface area (Å²) in [5, 5.41) is 0.0671. The van der Waals surface area contributed by atoms with Crippen LogP contribution in [0.1, 0.15) is 17.3 Å². The Hall–Kier alpha value is -0.800. The van der Waals surface area contributed by atoms with Gasteiger partial charge in [0, 0.05) is 0 Å². The molecule has 0 spiro atoms. The van der Waals surface area contributed by atoms with Gasteiger partial charge in [-0.05, 0) is 0 Å². The van der Waals surface area contributed by atoms with Crippen LogP contribution in [0.5, 0.6) is 0 Å². The molecule has 4 nitrogen and oxygen atoms in total. The summed E-state index contributed by atoms with van der Waals surface area (Å²) in [6, 6.07) is 5.57. The minimum atomic E-state index is -4.20. The summed E-state index contributed by atoms with van der Waals surface area (Å²) in [5.74, 6) is -0.104. The molecule has 1 rings (SSSR count). The Morgan fingerprint density at radius 1 is 1.15 bits per heavy atom. The topological polar surface area (TPSA) is 77.8 Å². The summed E-state index contributed by atoms with van der Waals surface area (Å²) in [6.07, 6.45) is 0. The van der Waals surface area contributed by atoms with Crippen LogP contribution in [0.25, 0.3) is 0 Å². The maximum absolute atomic E-state index is 10.8. The number of Topliss-reactive ketones (excluding diaryl/α,β-unsaturated/α-hetero) is 1. The molecule has 1 aromatic rings. The van der Waals surface area contributed by atoms with Crippen LogP contribution in [0.3, 0.4) is 0 Å². The molecular weight excluding hydrogens is 191 g/mol. The summed E-state index contributed by atoms with van der Waals surface area (Å²) >= 11 is 0. The maximum atomic E-state index is 10.8. The van der Waals surface area contributed by atoms with Gasteiger partial charge in [0.25, 0.3) is 0 Å². The van der Waals surface area contributed by atoms with Gasteiger partial charge in [0.15, 0.2) is 0 Å². The molecule has 0 fully saturated rings. The zero-order valence-corrected chi connectivity index (χ0v) is 8.06. The van der Waals surface area contributed by atoms with Crippen molar-refractivity contribution in [1.82, 2.24) is 0 Å². The van der Waals surface area contributed by atoms with Gasteiger partial charge in [-0.2, -0.15) is 0 Å². The van der Waals surface area contributed by atoms with Gasteiger partial charge in [-0.1, -0.05) is 0 Å². The second-order valence-electron chi connectivity index (χ2n) is 2.77. The van der Waals surface area contributed by atoms with Gasteiger partial charge in [-0.15, -0.1) is 0 Å². The fraction of sp³-hybridized carbons (Fsp3) is 0.125. The average Bonchev–Trinajstić information content (AvgIpc) is 2.03. The van der Waals surface area contributed by atoms with Crippen molar-refractivity contribution in [2.75, 3.05) is 0 Å². The molecule has 0 bridgehead atoms. The van der Waals surface area contributed by atoms with E-state index in [9.17, 15) is 4.79 Å². The molecule has 0 saturated heterocycles. The van der Waals surface area contributed by atoms with Crippen molar-refractivity contribution < 1.29 is 19.5 Å². The summed E-state index contributed by atoms with van der Waals surface area (Å²) < 4.78 is 0. The Balaban J connectivity index is 3.01. The number of carbonyl (C=O) groups is 1. The first-order chi connectivity index (χ1) is 5.91. The van der Waals surface area contributed by atoms with Crippen molar-refractivity contribution in [3.63, 3.8) is 0 Å². The zero-order valence-electron chi connectivity index (χ0n) is 7.06. The molecule has 72 valence electrons.